The summed E-state index contributed by atoms with van der Waals surface area (Å²) in [6.45, 7) is 4.06. The third-order valence-corrected chi connectivity index (χ3v) is 2.61. The molecule has 0 aliphatic carbocycles. The molecule has 0 heterocycles. The van der Waals surface area contributed by atoms with E-state index in [2.05, 4.69) is 0 Å². The minimum Gasteiger partial charge on any atom is -0.489 e. The lowest BCUT2D eigenvalue weighted by molar-refractivity contribution is 0.0717. The molecule has 0 radical (unpaired) electrons. The van der Waals surface area contributed by atoms with Crippen LogP contribution in [-0.2, 0) is 4.74 Å². The fourth-order valence-corrected chi connectivity index (χ4v) is 1.41. The molecule has 0 bridgehead atoms. The van der Waals surface area contributed by atoms with Gasteiger partial charge in [0.15, 0.2) is 0 Å². The number of benzene rings is 1. The highest BCUT2D eigenvalue weighted by Gasteiger charge is 2.08. The van der Waals surface area contributed by atoms with Gasteiger partial charge in [-0.2, -0.15) is 0 Å². The van der Waals surface area contributed by atoms with E-state index in [0.717, 1.165) is 5.56 Å². The van der Waals surface area contributed by atoms with Gasteiger partial charge in [0.2, 0.25) is 0 Å². The summed E-state index contributed by atoms with van der Waals surface area (Å²) in [5, 5.41) is 9.88. The molecule has 4 heteroatoms. The molecule has 0 saturated heterocycles. The zero-order valence-corrected chi connectivity index (χ0v) is 10.5. The smallest absolute Gasteiger partial charge is 0.138 e. The highest BCUT2D eigenvalue weighted by atomic mass is 35.5. The van der Waals surface area contributed by atoms with Gasteiger partial charge in [-0.25, -0.2) is 0 Å². The van der Waals surface area contributed by atoms with E-state index in [1.54, 1.807) is 32.2 Å². The number of hydrogen-bond donors (Lipinski definition) is 1. The summed E-state index contributed by atoms with van der Waals surface area (Å²) >= 11 is 6.02. The SMILES string of the molecule is COC(C)COc1ccc([C@@H](C)O)cc1Cl. The van der Waals surface area contributed by atoms with E-state index < -0.39 is 6.10 Å². The number of ether oxygens (including phenoxy) is 2. The van der Waals surface area contributed by atoms with E-state index in [4.69, 9.17) is 21.1 Å². The number of aliphatic hydroxyl groups is 1. The van der Waals surface area contributed by atoms with E-state index in [9.17, 15) is 5.11 Å². The first-order chi connectivity index (χ1) is 7.54. The monoisotopic (exact) mass is 244 g/mol. The van der Waals surface area contributed by atoms with Gasteiger partial charge in [0.25, 0.3) is 0 Å². The third kappa shape index (κ3) is 3.67. The van der Waals surface area contributed by atoms with Crippen LogP contribution in [0.4, 0.5) is 0 Å². The third-order valence-electron chi connectivity index (χ3n) is 2.31. The number of halogens is 1. The molecule has 1 N–H and O–H groups in total. The predicted octanol–water partition coefficient (Wildman–Crippen LogP) is 2.81. The van der Waals surface area contributed by atoms with Gasteiger partial charge in [-0.1, -0.05) is 17.7 Å². The quantitative estimate of drug-likeness (QED) is 0.866. The van der Waals surface area contributed by atoms with Gasteiger partial charge in [0.1, 0.15) is 12.4 Å². The first-order valence-corrected chi connectivity index (χ1v) is 5.55. The summed E-state index contributed by atoms with van der Waals surface area (Å²) < 4.78 is 10.6. The highest BCUT2D eigenvalue weighted by Crippen LogP contribution is 2.27. The zero-order valence-electron chi connectivity index (χ0n) is 9.74. The van der Waals surface area contributed by atoms with Gasteiger partial charge >= 0.3 is 0 Å². The maximum Gasteiger partial charge on any atom is 0.138 e. The molecule has 1 unspecified atom stereocenters. The van der Waals surface area contributed by atoms with Gasteiger partial charge in [-0.3, -0.25) is 0 Å². The summed E-state index contributed by atoms with van der Waals surface area (Å²) in [5.74, 6) is 0.606. The molecule has 0 spiro atoms. The van der Waals surface area contributed by atoms with Crippen molar-refractivity contribution in [3.8, 4) is 5.75 Å². The topological polar surface area (TPSA) is 38.7 Å². The minimum absolute atomic E-state index is 0.0208. The molecular formula is C12H17ClO3. The molecule has 0 fully saturated rings. The summed E-state index contributed by atoms with van der Waals surface area (Å²) in [6.07, 6.45) is -0.503. The summed E-state index contributed by atoms with van der Waals surface area (Å²) in [7, 11) is 1.63. The fraction of sp³-hybridized carbons (Fsp3) is 0.500. The van der Waals surface area contributed by atoms with Crippen LogP contribution in [0.15, 0.2) is 18.2 Å². The normalized spacial score (nSPS) is 14.6. The van der Waals surface area contributed by atoms with Crippen molar-refractivity contribution in [2.45, 2.75) is 26.1 Å². The predicted molar refractivity (Wildman–Crippen MR) is 64.1 cm³/mol. The van der Waals surface area contributed by atoms with Crippen molar-refractivity contribution in [1.82, 2.24) is 0 Å². The highest BCUT2D eigenvalue weighted by molar-refractivity contribution is 6.32. The van der Waals surface area contributed by atoms with Crippen LogP contribution < -0.4 is 4.74 Å². The molecule has 0 aliphatic heterocycles. The van der Waals surface area contributed by atoms with Crippen LogP contribution >= 0.6 is 11.6 Å². The van der Waals surface area contributed by atoms with Crippen molar-refractivity contribution in [3.05, 3.63) is 28.8 Å². The Labute approximate surface area is 101 Å². The van der Waals surface area contributed by atoms with Gasteiger partial charge < -0.3 is 14.6 Å². The van der Waals surface area contributed by atoms with Crippen molar-refractivity contribution in [2.24, 2.45) is 0 Å². The molecule has 1 aromatic carbocycles. The van der Waals surface area contributed by atoms with Crippen molar-refractivity contribution < 1.29 is 14.6 Å². The molecule has 1 aromatic rings. The summed E-state index contributed by atoms with van der Waals surface area (Å²) in [6, 6.07) is 5.26. The molecule has 16 heavy (non-hydrogen) atoms. The van der Waals surface area contributed by atoms with Crippen molar-refractivity contribution in [2.75, 3.05) is 13.7 Å². The summed E-state index contributed by atoms with van der Waals surface area (Å²) in [4.78, 5) is 0. The number of methoxy groups -OCH3 is 1. The average molecular weight is 245 g/mol. The molecule has 0 amide bonds. The second-order valence-electron chi connectivity index (χ2n) is 3.72. The van der Waals surface area contributed by atoms with Gasteiger partial charge in [0, 0.05) is 7.11 Å². The number of rotatable bonds is 5. The van der Waals surface area contributed by atoms with E-state index in [0.29, 0.717) is 17.4 Å². The lowest BCUT2D eigenvalue weighted by Crippen LogP contribution is -2.16. The second-order valence-corrected chi connectivity index (χ2v) is 4.13. The maximum atomic E-state index is 9.38. The van der Waals surface area contributed by atoms with Gasteiger partial charge in [0.05, 0.1) is 17.2 Å². The molecule has 2 atom stereocenters. The van der Waals surface area contributed by atoms with E-state index in [1.807, 2.05) is 6.92 Å². The van der Waals surface area contributed by atoms with Crippen LogP contribution in [-0.4, -0.2) is 24.9 Å². The Morgan fingerprint density at radius 3 is 2.56 bits per heavy atom. The molecule has 3 nitrogen and oxygen atoms in total. The maximum absolute atomic E-state index is 9.38. The lowest BCUT2D eigenvalue weighted by atomic mass is 10.1. The number of aliphatic hydroxyl groups excluding tert-OH is 1. The van der Waals surface area contributed by atoms with Crippen molar-refractivity contribution >= 4 is 11.6 Å². The van der Waals surface area contributed by atoms with Crippen molar-refractivity contribution in [3.63, 3.8) is 0 Å². The molecule has 0 aromatic heterocycles. The Morgan fingerprint density at radius 1 is 1.38 bits per heavy atom. The summed E-state index contributed by atoms with van der Waals surface area (Å²) in [5.41, 5.74) is 0.775. The van der Waals surface area contributed by atoms with Gasteiger partial charge in [-0.15, -0.1) is 0 Å². The van der Waals surface area contributed by atoms with Crippen LogP contribution in [0.1, 0.15) is 25.5 Å². The Bertz CT molecular complexity index is 339. The minimum atomic E-state index is -0.524. The van der Waals surface area contributed by atoms with Crippen molar-refractivity contribution in [1.29, 1.82) is 0 Å². The second kappa shape index (κ2) is 6.09. The first-order valence-electron chi connectivity index (χ1n) is 5.17. The van der Waals surface area contributed by atoms with E-state index in [1.165, 1.54) is 0 Å². The Kier molecular flexibility index (Phi) is 5.06. The average Bonchev–Trinajstić information content (AvgIpc) is 2.26. The van der Waals surface area contributed by atoms with Crippen LogP contribution in [0.5, 0.6) is 5.75 Å². The van der Waals surface area contributed by atoms with Crippen LogP contribution in [0.2, 0.25) is 5.02 Å². The zero-order chi connectivity index (χ0) is 12.1. The number of hydrogen-bond acceptors (Lipinski definition) is 3. The van der Waals surface area contributed by atoms with Gasteiger partial charge in [-0.05, 0) is 31.5 Å². The largest absolute Gasteiger partial charge is 0.489 e. The van der Waals surface area contributed by atoms with Crippen LogP contribution in [0, 0.1) is 0 Å². The van der Waals surface area contributed by atoms with E-state index >= 15 is 0 Å². The van der Waals surface area contributed by atoms with Crippen LogP contribution in [0.3, 0.4) is 0 Å². The van der Waals surface area contributed by atoms with E-state index in [-0.39, 0.29) is 6.10 Å². The van der Waals surface area contributed by atoms with Crippen LogP contribution in [0.25, 0.3) is 0 Å². The molecule has 1 rings (SSSR count). The fourth-order valence-electron chi connectivity index (χ4n) is 1.17. The molecule has 0 aliphatic rings. The molecule has 0 saturated carbocycles. The Morgan fingerprint density at radius 2 is 2.06 bits per heavy atom. The molecule has 90 valence electrons. The standard InChI is InChI=1S/C12H17ClO3/c1-8(15-3)7-16-12-5-4-10(9(2)14)6-11(12)13/h4-6,8-9,14H,7H2,1-3H3/t8?,9-/m1/s1. The molecular weight excluding hydrogens is 228 g/mol. The first kappa shape index (κ1) is 13.3. The Hall–Kier alpha value is -0.770. The Balaban J connectivity index is 2.68. The lowest BCUT2D eigenvalue weighted by Gasteiger charge is -2.13.